The molecule has 0 fully saturated rings. The SMILES string of the molecule is C=CC=C(C=C)c1cc(C2=NC(c3ccc(-c4ccccc4)cc3)=NC(c3ccccc3)N2)cc(-c2ccccc2)c1-n1c2ccccc2c2ccc3c(c4ccccc4n3-c3ccccc3)c21. The minimum Gasteiger partial charge on any atom is -0.344 e. The Hall–Kier alpha value is -9.06. The van der Waals surface area contributed by atoms with Gasteiger partial charge in [0, 0.05) is 49.5 Å². The van der Waals surface area contributed by atoms with Crippen LogP contribution in [0.15, 0.2) is 260 Å². The summed E-state index contributed by atoms with van der Waals surface area (Å²) in [4.78, 5) is 10.6. The van der Waals surface area contributed by atoms with Crippen LogP contribution >= 0.6 is 0 Å². The van der Waals surface area contributed by atoms with Crippen LogP contribution in [0.5, 0.6) is 0 Å². The molecule has 12 rings (SSSR count). The fourth-order valence-electron chi connectivity index (χ4n) is 10.0. The van der Waals surface area contributed by atoms with Gasteiger partial charge < -0.3 is 14.5 Å². The number of rotatable bonds is 10. The normalized spacial score (nSPS) is 13.9. The number of nitrogens with zero attached hydrogens (tertiary/aromatic N) is 4. The third-order valence-electron chi connectivity index (χ3n) is 13.1. The molecule has 1 N–H and O–H groups in total. The molecule has 0 spiro atoms. The van der Waals surface area contributed by atoms with E-state index in [9.17, 15) is 0 Å². The number of fused-ring (bicyclic) bond motifs is 7. The highest BCUT2D eigenvalue weighted by atomic mass is 15.2. The van der Waals surface area contributed by atoms with Crippen LogP contribution in [-0.2, 0) is 0 Å². The maximum Gasteiger partial charge on any atom is 0.159 e. The van der Waals surface area contributed by atoms with Crippen molar-refractivity contribution in [3.8, 4) is 33.6 Å². The number of para-hydroxylation sites is 3. The van der Waals surface area contributed by atoms with Crippen molar-refractivity contribution in [1.82, 2.24) is 14.5 Å². The van der Waals surface area contributed by atoms with E-state index in [4.69, 9.17) is 9.98 Å². The Kier molecular flexibility index (Phi) is 10.1. The Bertz CT molecular complexity index is 3820. The number of aromatic nitrogens is 2. The highest BCUT2D eigenvalue weighted by Gasteiger charge is 2.28. The molecule has 2 aromatic heterocycles. The number of aliphatic imine (C=N–C) groups is 2. The standard InChI is InChI=1S/C63H45N5/c1-3-21-42(4-2)53-40-48(63-65-61(46-26-13-7-14-27-46)64-62(66-63)47-36-34-44(35-37-47)43-22-9-5-10-23-43)41-54(45-24-11-6-12-25-45)59(53)68-55-32-19-17-30-50(55)51-38-39-57-58(60(51)68)52-31-18-20-33-56(52)67(57)49-28-15-8-16-29-49/h3-41,61H,1-2H2,(H,64,65,66). The van der Waals surface area contributed by atoms with Crippen molar-refractivity contribution in [2.45, 2.75) is 6.17 Å². The maximum absolute atomic E-state index is 5.39. The third-order valence-corrected chi connectivity index (χ3v) is 13.1. The van der Waals surface area contributed by atoms with E-state index in [1.807, 2.05) is 24.3 Å². The van der Waals surface area contributed by atoms with Crippen molar-refractivity contribution in [2.24, 2.45) is 9.98 Å². The van der Waals surface area contributed by atoms with Gasteiger partial charge in [-0.05, 0) is 70.3 Å². The van der Waals surface area contributed by atoms with Crippen molar-refractivity contribution in [3.05, 3.63) is 272 Å². The van der Waals surface area contributed by atoms with Gasteiger partial charge in [-0.25, -0.2) is 9.98 Å². The average Bonchev–Trinajstić information content (AvgIpc) is 3.93. The number of hydrogen-bond acceptors (Lipinski definition) is 3. The first-order chi connectivity index (χ1) is 33.7. The molecule has 9 aromatic carbocycles. The summed E-state index contributed by atoms with van der Waals surface area (Å²) < 4.78 is 4.89. The molecule has 0 amide bonds. The minimum atomic E-state index is -0.383. The second-order valence-corrected chi connectivity index (χ2v) is 17.1. The zero-order valence-corrected chi connectivity index (χ0v) is 37.3. The lowest BCUT2D eigenvalue weighted by molar-refractivity contribution is 0.674. The Balaban J connectivity index is 1.16. The summed E-state index contributed by atoms with van der Waals surface area (Å²) in [5.41, 5.74) is 15.9. The van der Waals surface area contributed by atoms with Crippen LogP contribution in [0.1, 0.15) is 28.4 Å². The van der Waals surface area contributed by atoms with E-state index in [1.165, 1.54) is 21.5 Å². The van der Waals surface area contributed by atoms with Gasteiger partial charge in [0.15, 0.2) is 5.84 Å². The molecule has 68 heavy (non-hydrogen) atoms. The van der Waals surface area contributed by atoms with Gasteiger partial charge in [0.1, 0.15) is 12.0 Å². The summed E-state index contributed by atoms with van der Waals surface area (Å²) in [6.07, 6.45) is 5.46. The van der Waals surface area contributed by atoms with E-state index in [0.29, 0.717) is 5.84 Å². The van der Waals surface area contributed by atoms with Gasteiger partial charge in [0.05, 0.1) is 27.8 Å². The van der Waals surface area contributed by atoms with Gasteiger partial charge in [0.2, 0.25) is 0 Å². The van der Waals surface area contributed by atoms with E-state index >= 15 is 0 Å². The molecular formula is C63H45N5. The number of nitrogens with one attached hydrogen (secondary N) is 1. The lowest BCUT2D eigenvalue weighted by Crippen LogP contribution is -2.33. The highest BCUT2D eigenvalue weighted by Crippen LogP contribution is 2.46. The topological polar surface area (TPSA) is 46.6 Å². The van der Waals surface area contributed by atoms with Gasteiger partial charge in [-0.3, -0.25) is 0 Å². The fraction of sp³-hybridized carbons (Fsp3) is 0.0159. The molecule has 1 atom stereocenters. The molecule has 3 heterocycles. The number of allylic oxidation sites excluding steroid dienone is 4. The summed E-state index contributed by atoms with van der Waals surface area (Å²) >= 11 is 0. The zero-order chi connectivity index (χ0) is 45.6. The van der Waals surface area contributed by atoms with Crippen molar-refractivity contribution in [1.29, 1.82) is 0 Å². The van der Waals surface area contributed by atoms with Gasteiger partial charge in [-0.15, -0.1) is 0 Å². The first-order valence-electron chi connectivity index (χ1n) is 23.0. The van der Waals surface area contributed by atoms with Gasteiger partial charge >= 0.3 is 0 Å². The van der Waals surface area contributed by atoms with Crippen molar-refractivity contribution >= 4 is 60.9 Å². The van der Waals surface area contributed by atoms with E-state index < -0.39 is 0 Å². The molecule has 0 radical (unpaired) electrons. The second kappa shape index (κ2) is 17.1. The predicted molar refractivity (Wildman–Crippen MR) is 286 cm³/mol. The predicted octanol–water partition coefficient (Wildman–Crippen LogP) is 15.5. The summed E-state index contributed by atoms with van der Waals surface area (Å²) in [6.45, 7) is 8.61. The van der Waals surface area contributed by atoms with E-state index in [0.717, 1.165) is 89.4 Å². The lowest BCUT2D eigenvalue weighted by Gasteiger charge is -2.26. The Labute approximate surface area is 395 Å². The molecular weight excluding hydrogens is 827 g/mol. The quantitative estimate of drug-likeness (QED) is 0.137. The van der Waals surface area contributed by atoms with Gasteiger partial charge in [-0.1, -0.05) is 207 Å². The van der Waals surface area contributed by atoms with Gasteiger partial charge in [-0.2, -0.15) is 0 Å². The van der Waals surface area contributed by atoms with Crippen LogP contribution in [0.4, 0.5) is 0 Å². The van der Waals surface area contributed by atoms with Crippen LogP contribution in [0.2, 0.25) is 0 Å². The number of benzene rings is 9. The zero-order valence-electron chi connectivity index (χ0n) is 37.3. The molecule has 1 aliphatic heterocycles. The molecule has 11 aromatic rings. The van der Waals surface area contributed by atoms with E-state index in [-0.39, 0.29) is 6.17 Å². The first kappa shape index (κ1) is 40.4. The molecule has 0 saturated carbocycles. The highest BCUT2D eigenvalue weighted by molar-refractivity contribution is 6.26. The van der Waals surface area contributed by atoms with Crippen LogP contribution in [0.25, 0.3) is 82.8 Å². The summed E-state index contributed by atoms with van der Waals surface area (Å²) in [6, 6.07) is 77.5. The Morgan fingerprint density at radius 2 is 1.09 bits per heavy atom. The summed E-state index contributed by atoms with van der Waals surface area (Å²) in [5, 5.41) is 8.50. The molecule has 0 saturated heterocycles. The Morgan fingerprint density at radius 3 is 1.78 bits per heavy atom. The summed E-state index contributed by atoms with van der Waals surface area (Å²) in [5.74, 6) is 1.38. The minimum absolute atomic E-state index is 0.383. The monoisotopic (exact) mass is 871 g/mol. The van der Waals surface area contributed by atoms with E-state index in [2.05, 4.69) is 240 Å². The molecule has 0 bridgehead atoms. The smallest absolute Gasteiger partial charge is 0.159 e. The molecule has 0 aliphatic carbocycles. The van der Waals surface area contributed by atoms with Crippen LogP contribution in [0, 0.1) is 0 Å². The first-order valence-corrected chi connectivity index (χ1v) is 23.0. The largest absolute Gasteiger partial charge is 0.344 e. The lowest BCUT2D eigenvalue weighted by atomic mass is 9.91. The fourth-order valence-corrected chi connectivity index (χ4v) is 10.0. The van der Waals surface area contributed by atoms with Crippen molar-refractivity contribution in [2.75, 3.05) is 0 Å². The van der Waals surface area contributed by atoms with Gasteiger partial charge in [0.25, 0.3) is 0 Å². The number of hydrogen-bond donors (Lipinski definition) is 1. The molecule has 322 valence electrons. The molecule has 1 unspecified atom stereocenters. The van der Waals surface area contributed by atoms with Crippen molar-refractivity contribution in [3.63, 3.8) is 0 Å². The average molecular weight is 872 g/mol. The van der Waals surface area contributed by atoms with Crippen LogP contribution in [0.3, 0.4) is 0 Å². The Morgan fingerprint density at radius 1 is 0.500 bits per heavy atom. The van der Waals surface area contributed by atoms with E-state index in [1.54, 1.807) is 0 Å². The van der Waals surface area contributed by atoms with Crippen LogP contribution in [-0.4, -0.2) is 20.8 Å². The molecule has 5 heteroatoms. The van der Waals surface area contributed by atoms with Crippen LogP contribution < -0.4 is 5.32 Å². The molecule has 1 aliphatic rings. The molecule has 5 nitrogen and oxygen atoms in total. The number of amidine groups is 2. The third kappa shape index (κ3) is 6.88. The van der Waals surface area contributed by atoms with Crippen molar-refractivity contribution < 1.29 is 0 Å². The second-order valence-electron chi connectivity index (χ2n) is 17.1. The summed E-state index contributed by atoms with van der Waals surface area (Å²) in [7, 11) is 0. The maximum atomic E-state index is 5.39.